The Kier molecular flexibility index (Phi) is 8.40. The molecule has 1 aliphatic carbocycles. The van der Waals surface area contributed by atoms with Gasteiger partial charge >= 0.3 is 5.97 Å². The maximum atomic E-state index is 10.5. The monoisotopic (exact) mass is 376 g/mol. The third-order valence-electron chi connectivity index (χ3n) is 6.54. The summed E-state index contributed by atoms with van der Waals surface area (Å²) in [6.07, 6.45) is 23.1. The highest BCUT2D eigenvalue weighted by Crippen LogP contribution is 2.47. The van der Waals surface area contributed by atoms with E-state index in [0.717, 1.165) is 13.0 Å². The van der Waals surface area contributed by atoms with Gasteiger partial charge in [0.1, 0.15) is 0 Å². The molecule has 0 aromatic heterocycles. The Hall–Kier alpha value is -1.13. The molecule has 0 aromatic rings. The van der Waals surface area contributed by atoms with Crippen LogP contribution in [0.2, 0.25) is 0 Å². The van der Waals surface area contributed by atoms with Crippen LogP contribution in [0, 0.1) is 11.8 Å². The molecule has 1 N–H and O–H groups in total. The molecule has 4 heteroatoms. The van der Waals surface area contributed by atoms with E-state index in [1.807, 2.05) is 0 Å². The van der Waals surface area contributed by atoms with E-state index in [4.69, 9.17) is 14.6 Å². The summed E-state index contributed by atoms with van der Waals surface area (Å²) < 4.78 is 12.3. The first-order valence-electron chi connectivity index (χ1n) is 11.1. The molecule has 3 rings (SSSR count). The number of aliphatic carboxylic acids is 1. The van der Waals surface area contributed by atoms with Crippen molar-refractivity contribution in [2.24, 2.45) is 11.8 Å². The Morgan fingerprint density at radius 3 is 2.52 bits per heavy atom. The van der Waals surface area contributed by atoms with E-state index >= 15 is 0 Å². The zero-order valence-electron chi connectivity index (χ0n) is 16.6. The van der Waals surface area contributed by atoms with E-state index in [-0.39, 0.29) is 0 Å². The zero-order valence-corrected chi connectivity index (χ0v) is 16.6. The standard InChI is InChI=1S/C23H36O4/c24-23(25)14-7-2-1-6-12-19-20(22-16-15-21(19)27-22)13-8-9-17-26-18-10-4-3-5-11-18/h1,6-7,14,18-22H,2-5,8-13,15-17H2,(H,24,25)/b6-1-,14-7+/t19-,20-,21-,22-/m0/s1. The summed E-state index contributed by atoms with van der Waals surface area (Å²) in [5.74, 6) is 0.456. The molecule has 4 nitrogen and oxygen atoms in total. The van der Waals surface area contributed by atoms with Crippen molar-refractivity contribution in [2.45, 2.75) is 95.4 Å². The lowest BCUT2D eigenvalue weighted by Gasteiger charge is -2.27. The second-order valence-electron chi connectivity index (χ2n) is 8.43. The number of fused-ring (bicyclic) bond motifs is 2. The average molecular weight is 377 g/mol. The molecule has 3 fully saturated rings. The topological polar surface area (TPSA) is 55.8 Å². The van der Waals surface area contributed by atoms with Crippen LogP contribution in [-0.4, -0.2) is 36.0 Å². The van der Waals surface area contributed by atoms with Gasteiger partial charge in [-0.1, -0.05) is 43.9 Å². The van der Waals surface area contributed by atoms with Crippen molar-refractivity contribution >= 4 is 5.97 Å². The fourth-order valence-electron chi connectivity index (χ4n) is 5.16. The number of ether oxygens (including phenoxy) is 2. The molecule has 152 valence electrons. The Labute approximate surface area is 164 Å². The summed E-state index contributed by atoms with van der Waals surface area (Å²) in [6, 6.07) is 0. The molecule has 2 aliphatic heterocycles. The Balaban J connectivity index is 1.34. The lowest BCUT2D eigenvalue weighted by atomic mass is 9.75. The fraction of sp³-hybridized carbons (Fsp3) is 0.783. The Morgan fingerprint density at radius 2 is 1.74 bits per heavy atom. The SMILES string of the molecule is O=C(O)/C=C/C/C=C\C[C@H]1[C@H](CCCCOC2CCCCC2)[C@@H]2CC[C@@H]1O2. The first-order valence-corrected chi connectivity index (χ1v) is 11.1. The van der Waals surface area contributed by atoms with Crippen LogP contribution in [0.5, 0.6) is 0 Å². The highest BCUT2D eigenvalue weighted by atomic mass is 16.5. The molecule has 0 aromatic carbocycles. The van der Waals surface area contributed by atoms with Gasteiger partial charge in [0.25, 0.3) is 0 Å². The van der Waals surface area contributed by atoms with E-state index in [9.17, 15) is 4.79 Å². The summed E-state index contributed by atoms with van der Waals surface area (Å²) in [5, 5.41) is 8.61. The molecular weight excluding hydrogens is 340 g/mol. The molecule has 27 heavy (non-hydrogen) atoms. The molecule has 1 saturated carbocycles. The number of hydrogen-bond acceptors (Lipinski definition) is 3. The number of hydrogen-bond donors (Lipinski definition) is 1. The van der Waals surface area contributed by atoms with Crippen molar-refractivity contribution in [3.05, 3.63) is 24.3 Å². The molecule has 0 radical (unpaired) electrons. The second kappa shape index (κ2) is 11.0. The molecule has 0 amide bonds. The number of carbonyl (C=O) groups is 1. The molecule has 0 spiro atoms. The lowest BCUT2D eigenvalue weighted by molar-refractivity contribution is -0.131. The summed E-state index contributed by atoms with van der Waals surface area (Å²) in [6.45, 7) is 0.923. The molecule has 4 atom stereocenters. The van der Waals surface area contributed by atoms with Crippen molar-refractivity contribution in [2.75, 3.05) is 6.61 Å². The van der Waals surface area contributed by atoms with E-state index < -0.39 is 5.97 Å². The highest BCUT2D eigenvalue weighted by Gasteiger charge is 2.47. The van der Waals surface area contributed by atoms with Crippen LogP contribution in [0.25, 0.3) is 0 Å². The van der Waals surface area contributed by atoms with Crippen molar-refractivity contribution < 1.29 is 19.4 Å². The van der Waals surface area contributed by atoms with E-state index in [1.165, 1.54) is 70.3 Å². The van der Waals surface area contributed by atoms with Gasteiger partial charge in [-0.2, -0.15) is 0 Å². The van der Waals surface area contributed by atoms with Crippen molar-refractivity contribution in [3.63, 3.8) is 0 Å². The minimum Gasteiger partial charge on any atom is -0.478 e. The Bertz CT molecular complexity index is 507. The van der Waals surface area contributed by atoms with Crippen molar-refractivity contribution in [1.82, 2.24) is 0 Å². The third-order valence-corrected chi connectivity index (χ3v) is 6.54. The predicted octanol–water partition coefficient (Wildman–Crippen LogP) is 5.28. The van der Waals surface area contributed by atoms with Gasteiger partial charge in [-0.15, -0.1) is 0 Å². The lowest BCUT2D eigenvalue weighted by Crippen LogP contribution is -2.27. The number of rotatable bonds is 11. The van der Waals surface area contributed by atoms with E-state index in [0.29, 0.717) is 36.6 Å². The maximum absolute atomic E-state index is 10.5. The van der Waals surface area contributed by atoms with E-state index in [2.05, 4.69) is 12.2 Å². The van der Waals surface area contributed by atoms with Gasteiger partial charge in [0, 0.05) is 12.7 Å². The summed E-state index contributed by atoms with van der Waals surface area (Å²) >= 11 is 0. The van der Waals surface area contributed by atoms with Crippen LogP contribution in [0.1, 0.15) is 77.0 Å². The van der Waals surface area contributed by atoms with Gasteiger partial charge in [-0.25, -0.2) is 4.79 Å². The first-order chi connectivity index (χ1) is 13.2. The third kappa shape index (κ3) is 6.46. The minimum atomic E-state index is -0.877. The van der Waals surface area contributed by atoms with Gasteiger partial charge in [0.15, 0.2) is 0 Å². The molecule has 2 saturated heterocycles. The van der Waals surface area contributed by atoms with Crippen LogP contribution in [0.15, 0.2) is 24.3 Å². The van der Waals surface area contributed by atoms with Gasteiger partial charge < -0.3 is 14.6 Å². The summed E-state index contributed by atoms with van der Waals surface area (Å²) in [5.41, 5.74) is 0. The van der Waals surface area contributed by atoms with Crippen LogP contribution in [0.4, 0.5) is 0 Å². The molecular formula is C23H36O4. The number of allylic oxidation sites excluding steroid dienone is 3. The number of carboxylic acid groups (broad SMARTS) is 1. The quantitative estimate of drug-likeness (QED) is 0.303. The predicted molar refractivity (Wildman–Crippen MR) is 107 cm³/mol. The largest absolute Gasteiger partial charge is 0.478 e. The summed E-state index contributed by atoms with van der Waals surface area (Å²) in [7, 11) is 0. The van der Waals surface area contributed by atoms with Crippen LogP contribution in [-0.2, 0) is 14.3 Å². The second-order valence-corrected chi connectivity index (χ2v) is 8.43. The minimum absolute atomic E-state index is 0.442. The van der Waals surface area contributed by atoms with Crippen LogP contribution in [0.3, 0.4) is 0 Å². The molecule has 2 heterocycles. The van der Waals surface area contributed by atoms with Gasteiger partial charge in [-0.3, -0.25) is 0 Å². The zero-order chi connectivity index (χ0) is 18.9. The smallest absolute Gasteiger partial charge is 0.327 e. The van der Waals surface area contributed by atoms with E-state index in [1.54, 1.807) is 6.08 Å². The van der Waals surface area contributed by atoms with Gasteiger partial charge in [0.2, 0.25) is 0 Å². The fourth-order valence-corrected chi connectivity index (χ4v) is 5.16. The number of carboxylic acids is 1. The van der Waals surface area contributed by atoms with Crippen LogP contribution < -0.4 is 0 Å². The van der Waals surface area contributed by atoms with Gasteiger partial charge in [-0.05, 0) is 63.2 Å². The molecule has 2 bridgehead atoms. The normalized spacial score (nSPS) is 31.4. The number of unbranched alkanes of at least 4 members (excludes halogenated alkanes) is 1. The Morgan fingerprint density at radius 1 is 0.963 bits per heavy atom. The van der Waals surface area contributed by atoms with Crippen molar-refractivity contribution in [3.8, 4) is 0 Å². The summed E-state index contributed by atoms with van der Waals surface area (Å²) in [4.78, 5) is 10.5. The maximum Gasteiger partial charge on any atom is 0.327 e. The van der Waals surface area contributed by atoms with Crippen LogP contribution >= 0.6 is 0 Å². The average Bonchev–Trinajstić information content (AvgIpc) is 3.27. The highest BCUT2D eigenvalue weighted by molar-refractivity contribution is 5.79. The first kappa shape index (κ1) is 20.6. The van der Waals surface area contributed by atoms with Crippen molar-refractivity contribution in [1.29, 1.82) is 0 Å². The molecule has 3 aliphatic rings. The van der Waals surface area contributed by atoms with Gasteiger partial charge in [0.05, 0.1) is 18.3 Å². The molecule has 0 unspecified atom stereocenters.